The topological polar surface area (TPSA) is 57.5 Å². The van der Waals surface area contributed by atoms with Crippen molar-refractivity contribution in [2.45, 2.75) is 51.2 Å². The molecule has 2 unspecified atom stereocenters. The standard InChI is InChI=1S/C10H18O3/c1-2-7(11)6-8-9(12)4-3-5-10(8)13/h8-10,12-13H,2-6H2,1H3. The molecule has 1 rings (SSSR count). The van der Waals surface area contributed by atoms with Gasteiger partial charge in [-0.1, -0.05) is 6.92 Å². The van der Waals surface area contributed by atoms with E-state index < -0.39 is 12.2 Å². The Morgan fingerprint density at radius 1 is 1.31 bits per heavy atom. The Hall–Kier alpha value is -0.410. The Labute approximate surface area is 78.8 Å². The maximum Gasteiger partial charge on any atom is 0.133 e. The third-order valence-corrected chi connectivity index (χ3v) is 2.85. The minimum absolute atomic E-state index is 0.130. The molecular weight excluding hydrogens is 168 g/mol. The van der Waals surface area contributed by atoms with Gasteiger partial charge in [0.2, 0.25) is 0 Å². The van der Waals surface area contributed by atoms with E-state index in [-0.39, 0.29) is 11.7 Å². The Bertz CT molecular complexity index is 169. The van der Waals surface area contributed by atoms with Crippen molar-refractivity contribution in [2.24, 2.45) is 5.92 Å². The molecule has 76 valence electrons. The Balaban J connectivity index is 2.48. The molecule has 0 radical (unpaired) electrons. The van der Waals surface area contributed by atoms with E-state index in [2.05, 4.69) is 0 Å². The fourth-order valence-corrected chi connectivity index (χ4v) is 1.90. The average Bonchev–Trinajstić information content (AvgIpc) is 2.11. The highest BCUT2D eigenvalue weighted by atomic mass is 16.3. The highest BCUT2D eigenvalue weighted by Gasteiger charge is 2.31. The SMILES string of the molecule is CCC(=O)CC1C(O)CCCC1O. The van der Waals surface area contributed by atoms with Crippen LogP contribution in [0.5, 0.6) is 0 Å². The van der Waals surface area contributed by atoms with Crippen molar-refractivity contribution < 1.29 is 15.0 Å². The van der Waals surface area contributed by atoms with Crippen molar-refractivity contribution in [3.63, 3.8) is 0 Å². The Kier molecular flexibility index (Phi) is 3.88. The van der Waals surface area contributed by atoms with E-state index in [1.165, 1.54) is 0 Å². The predicted octanol–water partition coefficient (Wildman–Crippen LogP) is 0.877. The molecule has 2 atom stereocenters. The Morgan fingerprint density at radius 2 is 1.85 bits per heavy atom. The molecule has 0 spiro atoms. The van der Waals surface area contributed by atoms with E-state index in [4.69, 9.17) is 0 Å². The van der Waals surface area contributed by atoms with Gasteiger partial charge in [0.1, 0.15) is 5.78 Å². The monoisotopic (exact) mass is 186 g/mol. The number of rotatable bonds is 3. The number of aliphatic hydroxyl groups excluding tert-OH is 2. The second kappa shape index (κ2) is 4.72. The molecule has 0 aromatic carbocycles. The van der Waals surface area contributed by atoms with Gasteiger partial charge in [-0.05, 0) is 19.3 Å². The summed E-state index contributed by atoms with van der Waals surface area (Å²) in [7, 11) is 0. The van der Waals surface area contributed by atoms with Gasteiger partial charge in [0.05, 0.1) is 12.2 Å². The van der Waals surface area contributed by atoms with Gasteiger partial charge >= 0.3 is 0 Å². The lowest BCUT2D eigenvalue weighted by Gasteiger charge is -2.31. The summed E-state index contributed by atoms with van der Waals surface area (Å²) in [5.74, 6) is -0.0915. The van der Waals surface area contributed by atoms with Crippen LogP contribution in [-0.2, 0) is 4.79 Å². The largest absolute Gasteiger partial charge is 0.393 e. The van der Waals surface area contributed by atoms with Gasteiger partial charge in [-0.15, -0.1) is 0 Å². The molecule has 3 heteroatoms. The summed E-state index contributed by atoms with van der Waals surface area (Å²) in [6, 6.07) is 0. The van der Waals surface area contributed by atoms with Crippen LogP contribution in [0.2, 0.25) is 0 Å². The van der Waals surface area contributed by atoms with Crippen molar-refractivity contribution in [3.05, 3.63) is 0 Å². The second-order valence-electron chi connectivity index (χ2n) is 3.83. The maximum absolute atomic E-state index is 11.1. The maximum atomic E-state index is 11.1. The fraction of sp³-hybridized carbons (Fsp3) is 0.900. The molecule has 0 aromatic heterocycles. The van der Waals surface area contributed by atoms with Crippen LogP contribution in [0.15, 0.2) is 0 Å². The first-order valence-corrected chi connectivity index (χ1v) is 5.03. The van der Waals surface area contributed by atoms with Gasteiger partial charge < -0.3 is 10.2 Å². The molecular formula is C10H18O3. The number of aliphatic hydroxyl groups is 2. The smallest absolute Gasteiger partial charge is 0.133 e. The first-order chi connectivity index (χ1) is 6.15. The molecule has 1 aliphatic rings. The zero-order chi connectivity index (χ0) is 9.84. The second-order valence-corrected chi connectivity index (χ2v) is 3.83. The van der Waals surface area contributed by atoms with Crippen LogP contribution in [0.3, 0.4) is 0 Å². The van der Waals surface area contributed by atoms with Gasteiger partial charge in [0.15, 0.2) is 0 Å². The van der Waals surface area contributed by atoms with E-state index in [1.807, 2.05) is 6.92 Å². The van der Waals surface area contributed by atoms with E-state index in [0.717, 1.165) is 19.3 Å². The van der Waals surface area contributed by atoms with E-state index >= 15 is 0 Å². The summed E-state index contributed by atoms with van der Waals surface area (Å²) in [6.07, 6.45) is 2.16. The van der Waals surface area contributed by atoms with Crippen molar-refractivity contribution in [1.29, 1.82) is 0 Å². The van der Waals surface area contributed by atoms with Crippen molar-refractivity contribution in [1.82, 2.24) is 0 Å². The summed E-state index contributed by atoms with van der Waals surface area (Å²) in [4.78, 5) is 11.1. The summed E-state index contributed by atoms with van der Waals surface area (Å²) >= 11 is 0. The molecule has 0 bridgehead atoms. The summed E-state index contributed by atoms with van der Waals surface area (Å²) in [5, 5.41) is 19.1. The molecule has 1 saturated carbocycles. The molecule has 1 aliphatic carbocycles. The predicted molar refractivity (Wildman–Crippen MR) is 49.3 cm³/mol. The lowest BCUT2D eigenvalue weighted by atomic mass is 9.81. The van der Waals surface area contributed by atoms with Crippen molar-refractivity contribution in [2.75, 3.05) is 0 Å². The number of hydrogen-bond donors (Lipinski definition) is 2. The van der Waals surface area contributed by atoms with Crippen molar-refractivity contribution >= 4 is 5.78 Å². The van der Waals surface area contributed by atoms with Gasteiger partial charge in [0, 0.05) is 18.8 Å². The van der Waals surface area contributed by atoms with Gasteiger partial charge in [-0.2, -0.15) is 0 Å². The molecule has 2 N–H and O–H groups in total. The minimum atomic E-state index is -0.487. The van der Waals surface area contributed by atoms with Crippen LogP contribution in [-0.4, -0.2) is 28.2 Å². The molecule has 0 aromatic rings. The zero-order valence-corrected chi connectivity index (χ0v) is 8.07. The number of carbonyl (C=O) groups excluding carboxylic acids is 1. The number of ketones is 1. The molecule has 0 aliphatic heterocycles. The number of hydrogen-bond acceptors (Lipinski definition) is 3. The molecule has 3 nitrogen and oxygen atoms in total. The van der Waals surface area contributed by atoms with E-state index in [9.17, 15) is 15.0 Å². The summed E-state index contributed by atoms with van der Waals surface area (Å²) in [6.45, 7) is 1.81. The molecule has 13 heavy (non-hydrogen) atoms. The lowest BCUT2D eigenvalue weighted by molar-refractivity contribution is -0.123. The Morgan fingerprint density at radius 3 is 2.31 bits per heavy atom. The number of Topliss-reactive ketones (excluding diaryl/α,β-unsaturated/α-hetero) is 1. The van der Waals surface area contributed by atoms with Gasteiger partial charge in [-0.3, -0.25) is 4.79 Å². The molecule has 0 amide bonds. The van der Waals surface area contributed by atoms with Gasteiger partial charge in [0.25, 0.3) is 0 Å². The van der Waals surface area contributed by atoms with Crippen LogP contribution in [0, 0.1) is 5.92 Å². The first kappa shape index (κ1) is 10.7. The average molecular weight is 186 g/mol. The van der Waals surface area contributed by atoms with Gasteiger partial charge in [-0.25, -0.2) is 0 Å². The quantitative estimate of drug-likeness (QED) is 0.687. The summed E-state index contributed by atoms with van der Waals surface area (Å²) in [5.41, 5.74) is 0. The highest BCUT2D eigenvalue weighted by Crippen LogP contribution is 2.27. The third kappa shape index (κ3) is 2.78. The molecule has 0 heterocycles. The van der Waals surface area contributed by atoms with Crippen LogP contribution < -0.4 is 0 Å². The summed E-state index contributed by atoms with van der Waals surface area (Å²) < 4.78 is 0. The highest BCUT2D eigenvalue weighted by molar-refractivity contribution is 5.78. The third-order valence-electron chi connectivity index (χ3n) is 2.85. The van der Waals surface area contributed by atoms with Crippen LogP contribution >= 0.6 is 0 Å². The fourth-order valence-electron chi connectivity index (χ4n) is 1.90. The number of carbonyl (C=O) groups is 1. The lowest BCUT2D eigenvalue weighted by Crippen LogP contribution is -2.37. The molecule has 1 fully saturated rings. The first-order valence-electron chi connectivity index (χ1n) is 5.03. The zero-order valence-electron chi connectivity index (χ0n) is 8.07. The van der Waals surface area contributed by atoms with E-state index in [0.29, 0.717) is 12.8 Å². The van der Waals surface area contributed by atoms with E-state index in [1.54, 1.807) is 0 Å². The molecule has 0 saturated heterocycles. The minimum Gasteiger partial charge on any atom is -0.393 e. The van der Waals surface area contributed by atoms with Crippen molar-refractivity contribution in [3.8, 4) is 0 Å². The van der Waals surface area contributed by atoms with Crippen LogP contribution in [0.4, 0.5) is 0 Å². The van der Waals surface area contributed by atoms with Crippen LogP contribution in [0.1, 0.15) is 39.0 Å². The van der Waals surface area contributed by atoms with Crippen LogP contribution in [0.25, 0.3) is 0 Å². The normalized spacial score (nSPS) is 34.5.